The van der Waals surface area contributed by atoms with E-state index in [4.69, 9.17) is 4.74 Å². The lowest BCUT2D eigenvalue weighted by molar-refractivity contribution is 0.0243. The summed E-state index contributed by atoms with van der Waals surface area (Å²) in [5.74, 6) is 1.97. The van der Waals surface area contributed by atoms with Crippen molar-refractivity contribution in [2.45, 2.75) is 75.1 Å². The number of aromatic nitrogens is 3. The number of hydrogen-bond acceptors (Lipinski definition) is 5. The van der Waals surface area contributed by atoms with Gasteiger partial charge in [0.05, 0.1) is 5.60 Å². The van der Waals surface area contributed by atoms with Crippen LogP contribution in [0.15, 0.2) is 10.1 Å². The van der Waals surface area contributed by atoms with Crippen LogP contribution in [-0.2, 0) is 11.2 Å². The highest BCUT2D eigenvalue weighted by Crippen LogP contribution is 2.33. The monoisotopic (exact) mass is 394 g/mol. The Hall–Kier alpha value is -1.28. The first-order valence-corrected chi connectivity index (χ1v) is 11.4. The smallest absolute Gasteiger partial charge is 0.191 e. The van der Waals surface area contributed by atoms with Crippen LogP contribution in [0, 0.1) is 0 Å². The lowest BCUT2D eigenvalue weighted by Gasteiger charge is -2.24. The first kappa shape index (κ1) is 20.5. The van der Waals surface area contributed by atoms with Crippen molar-refractivity contribution in [2.24, 2.45) is 4.99 Å². The van der Waals surface area contributed by atoms with Crippen molar-refractivity contribution >= 4 is 17.7 Å². The lowest BCUT2D eigenvalue weighted by Crippen LogP contribution is -2.45. The molecule has 1 aliphatic heterocycles. The van der Waals surface area contributed by atoms with Gasteiger partial charge in [0.15, 0.2) is 11.1 Å². The van der Waals surface area contributed by atoms with Gasteiger partial charge >= 0.3 is 0 Å². The Morgan fingerprint density at radius 1 is 1.30 bits per heavy atom. The molecular weight excluding hydrogens is 360 g/mol. The zero-order valence-electron chi connectivity index (χ0n) is 17.0. The molecule has 1 aromatic rings. The Morgan fingerprint density at radius 2 is 2.11 bits per heavy atom. The third kappa shape index (κ3) is 5.38. The average molecular weight is 395 g/mol. The highest BCUT2D eigenvalue weighted by Gasteiger charge is 2.29. The van der Waals surface area contributed by atoms with Gasteiger partial charge in [-0.2, -0.15) is 0 Å². The number of guanidine groups is 1. The molecule has 152 valence electrons. The molecule has 1 atom stereocenters. The highest BCUT2D eigenvalue weighted by atomic mass is 32.2. The van der Waals surface area contributed by atoms with E-state index in [9.17, 15) is 0 Å². The fourth-order valence-electron chi connectivity index (χ4n) is 4.07. The summed E-state index contributed by atoms with van der Waals surface area (Å²) in [5.41, 5.74) is -0.0659. The molecule has 2 heterocycles. The first-order chi connectivity index (χ1) is 13.1. The zero-order chi connectivity index (χ0) is 19.1. The number of aliphatic imine (C=N–C) groups is 1. The van der Waals surface area contributed by atoms with Gasteiger partial charge in [0.25, 0.3) is 0 Å². The van der Waals surface area contributed by atoms with Crippen LogP contribution in [0.25, 0.3) is 0 Å². The normalized spacial score (nSPS) is 23.9. The van der Waals surface area contributed by atoms with Gasteiger partial charge in [0.2, 0.25) is 0 Å². The molecule has 1 aromatic heterocycles. The van der Waals surface area contributed by atoms with Gasteiger partial charge in [0.1, 0.15) is 5.82 Å². The minimum absolute atomic E-state index is 0.0659. The molecule has 2 aliphatic rings. The highest BCUT2D eigenvalue weighted by molar-refractivity contribution is 7.98. The predicted octanol–water partition coefficient (Wildman–Crippen LogP) is 2.78. The summed E-state index contributed by atoms with van der Waals surface area (Å²) in [5, 5.41) is 16.7. The van der Waals surface area contributed by atoms with Gasteiger partial charge in [-0.15, -0.1) is 10.2 Å². The Bertz CT molecular complexity index is 620. The van der Waals surface area contributed by atoms with E-state index in [-0.39, 0.29) is 5.60 Å². The first-order valence-electron chi connectivity index (χ1n) is 10.2. The molecule has 1 unspecified atom stereocenters. The minimum Gasteiger partial charge on any atom is -0.373 e. The fourth-order valence-corrected chi connectivity index (χ4v) is 4.64. The summed E-state index contributed by atoms with van der Waals surface area (Å²) >= 11 is 1.70. The SMILES string of the molecule is CN=C(NCCCc1nnc(SC)n1C1CCCC1)NCC1(C)CCCO1. The minimum atomic E-state index is -0.0659. The van der Waals surface area contributed by atoms with Crippen LogP contribution in [-0.4, -0.2) is 59.3 Å². The molecule has 0 spiro atoms. The summed E-state index contributed by atoms with van der Waals surface area (Å²) in [4.78, 5) is 4.32. The van der Waals surface area contributed by atoms with E-state index in [2.05, 4.69) is 43.6 Å². The van der Waals surface area contributed by atoms with Crippen LogP contribution >= 0.6 is 11.8 Å². The summed E-state index contributed by atoms with van der Waals surface area (Å²) < 4.78 is 8.22. The zero-order valence-corrected chi connectivity index (χ0v) is 17.8. The van der Waals surface area contributed by atoms with Crippen LogP contribution < -0.4 is 10.6 Å². The lowest BCUT2D eigenvalue weighted by atomic mass is 10.0. The van der Waals surface area contributed by atoms with Crippen molar-refractivity contribution < 1.29 is 4.74 Å². The maximum absolute atomic E-state index is 5.83. The second-order valence-corrected chi connectivity index (χ2v) is 8.54. The molecule has 0 radical (unpaired) electrons. The quantitative estimate of drug-likeness (QED) is 0.306. The summed E-state index contributed by atoms with van der Waals surface area (Å²) in [7, 11) is 1.81. The van der Waals surface area contributed by atoms with Gasteiger partial charge in [-0.05, 0) is 45.3 Å². The molecule has 2 fully saturated rings. The fraction of sp³-hybridized carbons (Fsp3) is 0.842. The van der Waals surface area contributed by atoms with Gasteiger partial charge in [-0.1, -0.05) is 24.6 Å². The van der Waals surface area contributed by atoms with E-state index < -0.39 is 0 Å². The maximum atomic E-state index is 5.83. The molecule has 3 rings (SSSR count). The molecule has 1 saturated heterocycles. The molecule has 8 heteroatoms. The Balaban J connectivity index is 1.44. The van der Waals surface area contributed by atoms with Crippen LogP contribution in [0.2, 0.25) is 0 Å². The number of nitrogens with one attached hydrogen (secondary N) is 2. The van der Waals surface area contributed by atoms with Crippen molar-refractivity contribution in [3.8, 4) is 0 Å². The van der Waals surface area contributed by atoms with Gasteiger partial charge in [-0.3, -0.25) is 4.99 Å². The summed E-state index contributed by atoms with van der Waals surface area (Å²) in [6.07, 6.45) is 11.4. The van der Waals surface area contributed by atoms with Crippen molar-refractivity contribution in [2.75, 3.05) is 33.0 Å². The molecule has 0 amide bonds. The molecule has 1 aliphatic carbocycles. The van der Waals surface area contributed by atoms with Crippen LogP contribution in [0.4, 0.5) is 0 Å². The van der Waals surface area contributed by atoms with Crippen LogP contribution in [0.1, 0.15) is 63.7 Å². The topological polar surface area (TPSA) is 76.4 Å². The Kier molecular flexibility index (Phi) is 7.41. The predicted molar refractivity (Wildman–Crippen MR) is 111 cm³/mol. The van der Waals surface area contributed by atoms with Gasteiger partial charge in [0, 0.05) is 39.2 Å². The Morgan fingerprint density at radius 3 is 2.78 bits per heavy atom. The van der Waals surface area contributed by atoms with Crippen LogP contribution in [0.3, 0.4) is 0 Å². The molecule has 27 heavy (non-hydrogen) atoms. The van der Waals surface area contributed by atoms with E-state index in [0.717, 1.165) is 62.3 Å². The van der Waals surface area contributed by atoms with Gasteiger partial charge in [-0.25, -0.2) is 0 Å². The number of hydrogen-bond donors (Lipinski definition) is 2. The molecule has 0 bridgehead atoms. The molecular formula is C19H34N6OS. The number of rotatable bonds is 8. The molecule has 1 saturated carbocycles. The average Bonchev–Trinajstić information content (AvgIpc) is 3.41. The molecule has 7 nitrogen and oxygen atoms in total. The van der Waals surface area contributed by atoms with Crippen molar-refractivity contribution in [1.82, 2.24) is 25.4 Å². The number of aryl methyl sites for hydroxylation is 1. The molecule has 2 N–H and O–H groups in total. The van der Waals surface area contributed by atoms with E-state index in [0.29, 0.717) is 6.04 Å². The summed E-state index contributed by atoms with van der Waals surface area (Å²) in [6.45, 7) is 4.69. The van der Waals surface area contributed by atoms with E-state index in [1.807, 2.05) is 7.05 Å². The third-order valence-corrected chi connectivity index (χ3v) is 6.27. The van der Waals surface area contributed by atoms with Crippen molar-refractivity contribution in [1.29, 1.82) is 0 Å². The number of nitrogens with zero attached hydrogens (tertiary/aromatic N) is 4. The number of ether oxygens (including phenoxy) is 1. The van der Waals surface area contributed by atoms with Gasteiger partial charge < -0.3 is 19.9 Å². The Labute approximate surface area is 167 Å². The summed E-state index contributed by atoms with van der Waals surface area (Å²) in [6, 6.07) is 0.590. The maximum Gasteiger partial charge on any atom is 0.191 e. The van der Waals surface area contributed by atoms with E-state index in [1.54, 1.807) is 11.8 Å². The van der Waals surface area contributed by atoms with Crippen molar-refractivity contribution in [3.05, 3.63) is 5.82 Å². The van der Waals surface area contributed by atoms with E-state index in [1.165, 1.54) is 25.7 Å². The third-order valence-electron chi connectivity index (χ3n) is 5.63. The standard InChI is InChI=1S/C19H34N6OS/c1-19(11-7-13-26-19)14-22-17(20-2)21-12-6-10-16-23-24-18(27-3)25(16)15-8-4-5-9-15/h15H,4-14H2,1-3H3,(H2,20,21,22). The van der Waals surface area contributed by atoms with Crippen LogP contribution in [0.5, 0.6) is 0 Å². The molecule has 0 aromatic carbocycles. The van der Waals surface area contributed by atoms with E-state index >= 15 is 0 Å². The van der Waals surface area contributed by atoms with Crippen molar-refractivity contribution in [3.63, 3.8) is 0 Å². The number of thioether (sulfide) groups is 1. The second-order valence-electron chi connectivity index (χ2n) is 7.77. The second kappa shape index (κ2) is 9.78. The largest absolute Gasteiger partial charge is 0.373 e.